The summed E-state index contributed by atoms with van der Waals surface area (Å²) in [4.78, 5) is 22.6. The van der Waals surface area contributed by atoms with Gasteiger partial charge in [-0.05, 0) is 26.8 Å². The van der Waals surface area contributed by atoms with Crippen molar-refractivity contribution < 1.29 is 19.4 Å². The summed E-state index contributed by atoms with van der Waals surface area (Å²) < 4.78 is 5.08. The Labute approximate surface area is 99.2 Å². The first kappa shape index (κ1) is 13.0. The normalized spacial score (nSPS) is 11.0. The average Bonchev–Trinajstić information content (AvgIpc) is 2.13. The van der Waals surface area contributed by atoms with Crippen LogP contribution >= 0.6 is 0 Å². The molecular weight excluding hydrogens is 222 g/mol. The molecule has 5 heteroatoms. The Kier molecular flexibility index (Phi) is 3.41. The molecule has 0 aliphatic carbocycles. The number of hydrogen-bond donors (Lipinski definition) is 1. The quantitative estimate of drug-likeness (QED) is 0.769. The van der Waals surface area contributed by atoms with Gasteiger partial charge in [-0.15, -0.1) is 5.75 Å². The van der Waals surface area contributed by atoms with Crippen molar-refractivity contribution in [3.05, 3.63) is 29.3 Å². The Morgan fingerprint density at radius 3 is 2.18 bits per heavy atom. The summed E-state index contributed by atoms with van der Waals surface area (Å²) >= 11 is 0. The van der Waals surface area contributed by atoms with E-state index in [2.05, 4.69) is 0 Å². The SMILES string of the molecule is CC(C)(C)OC(=O)c1cc([O-])cc(C(N)=O)c1. The molecule has 1 aromatic rings. The zero-order valence-electron chi connectivity index (χ0n) is 9.94. The molecule has 1 aromatic carbocycles. The fourth-order valence-corrected chi connectivity index (χ4v) is 1.20. The Bertz CT molecular complexity index is 460. The molecule has 17 heavy (non-hydrogen) atoms. The van der Waals surface area contributed by atoms with Crippen LogP contribution in [0.5, 0.6) is 5.75 Å². The first-order chi connectivity index (χ1) is 7.69. The zero-order chi connectivity index (χ0) is 13.2. The van der Waals surface area contributed by atoms with Crippen LogP contribution in [0.3, 0.4) is 0 Å². The molecule has 0 atom stereocenters. The van der Waals surface area contributed by atoms with Gasteiger partial charge in [0.1, 0.15) is 5.60 Å². The van der Waals surface area contributed by atoms with E-state index in [0.29, 0.717) is 0 Å². The van der Waals surface area contributed by atoms with Crippen LogP contribution in [0.1, 0.15) is 41.5 Å². The van der Waals surface area contributed by atoms with Crippen molar-refractivity contribution in [2.45, 2.75) is 26.4 Å². The van der Waals surface area contributed by atoms with E-state index in [0.717, 1.165) is 12.1 Å². The van der Waals surface area contributed by atoms with Crippen LogP contribution in [0, 0.1) is 0 Å². The van der Waals surface area contributed by atoms with E-state index < -0.39 is 23.2 Å². The van der Waals surface area contributed by atoms with Crippen LogP contribution < -0.4 is 10.8 Å². The van der Waals surface area contributed by atoms with E-state index in [9.17, 15) is 14.7 Å². The first-order valence-corrected chi connectivity index (χ1v) is 5.04. The van der Waals surface area contributed by atoms with Crippen molar-refractivity contribution >= 4 is 11.9 Å². The number of primary amides is 1. The molecule has 1 rings (SSSR count). The number of benzene rings is 1. The van der Waals surface area contributed by atoms with Gasteiger partial charge < -0.3 is 15.6 Å². The number of hydrogen-bond acceptors (Lipinski definition) is 4. The van der Waals surface area contributed by atoms with Gasteiger partial charge in [0.05, 0.1) is 5.56 Å². The van der Waals surface area contributed by atoms with Gasteiger partial charge in [-0.3, -0.25) is 4.79 Å². The highest BCUT2D eigenvalue weighted by molar-refractivity contribution is 5.97. The second-order valence-corrected chi connectivity index (χ2v) is 4.61. The molecule has 0 saturated heterocycles. The monoisotopic (exact) mass is 236 g/mol. The standard InChI is InChI=1S/C12H15NO4/c1-12(2,3)17-11(16)8-4-7(10(13)15)5-9(14)6-8/h4-6,14H,1-3H3,(H2,13,15)/p-1. The van der Waals surface area contributed by atoms with Gasteiger partial charge in [-0.1, -0.05) is 12.1 Å². The van der Waals surface area contributed by atoms with Crippen molar-refractivity contribution in [3.8, 4) is 5.75 Å². The molecule has 1 amide bonds. The van der Waals surface area contributed by atoms with Crippen LogP contribution in [-0.2, 0) is 4.74 Å². The largest absolute Gasteiger partial charge is 0.872 e. The Morgan fingerprint density at radius 1 is 1.18 bits per heavy atom. The van der Waals surface area contributed by atoms with E-state index in [4.69, 9.17) is 10.5 Å². The molecule has 5 nitrogen and oxygen atoms in total. The summed E-state index contributed by atoms with van der Waals surface area (Å²) in [5.41, 5.74) is 4.41. The van der Waals surface area contributed by atoms with Gasteiger partial charge in [-0.2, -0.15) is 0 Å². The Hall–Kier alpha value is -2.04. The van der Waals surface area contributed by atoms with Crippen molar-refractivity contribution in [2.75, 3.05) is 0 Å². The van der Waals surface area contributed by atoms with E-state index >= 15 is 0 Å². The van der Waals surface area contributed by atoms with Gasteiger partial charge in [0.2, 0.25) is 5.91 Å². The average molecular weight is 236 g/mol. The number of ether oxygens (including phenoxy) is 1. The Balaban J connectivity index is 3.06. The molecule has 0 fully saturated rings. The zero-order valence-corrected chi connectivity index (χ0v) is 9.94. The molecule has 0 spiro atoms. The van der Waals surface area contributed by atoms with Crippen molar-refractivity contribution in [2.24, 2.45) is 5.73 Å². The van der Waals surface area contributed by atoms with E-state index in [1.807, 2.05) is 0 Å². The summed E-state index contributed by atoms with van der Waals surface area (Å²) in [6.07, 6.45) is 0. The minimum atomic E-state index is -0.757. The topological polar surface area (TPSA) is 92.4 Å². The number of nitrogens with two attached hydrogens (primary N) is 1. The van der Waals surface area contributed by atoms with Crippen molar-refractivity contribution in [1.29, 1.82) is 0 Å². The fraction of sp³-hybridized carbons (Fsp3) is 0.333. The molecule has 0 saturated carbocycles. The molecule has 0 heterocycles. The second kappa shape index (κ2) is 4.45. The predicted molar refractivity (Wildman–Crippen MR) is 59.6 cm³/mol. The van der Waals surface area contributed by atoms with Gasteiger partial charge in [0.15, 0.2) is 0 Å². The number of carbonyl (C=O) groups is 2. The molecule has 0 aliphatic rings. The lowest BCUT2D eigenvalue weighted by Crippen LogP contribution is -2.24. The van der Waals surface area contributed by atoms with Gasteiger partial charge in [0, 0.05) is 5.56 Å². The van der Waals surface area contributed by atoms with Gasteiger partial charge in [-0.25, -0.2) is 4.79 Å². The number of rotatable bonds is 2. The highest BCUT2D eigenvalue weighted by Crippen LogP contribution is 2.17. The highest BCUT2D eigenvalue weighted by atomic mass is 16.6. The molecule has 0 unspecified atom stereocenters. The lowest BCUT2D eigenvalue weighted by Gasteiger charge is -2.20. The van der Waals surface area contributed by atoms with Gasteiger partial charge in [0.25, 0.3) is 0 Å². The third-order valence-corrected chi connectivity index (χ3v) is 1.83. The van der Waals surface area contributed by atoms with Gasteiger partial charge >= 0.3 is 5.97 Å². The highest BCUT2D eigenvalue weighted by Gasteiger charge is 2.18. The third kappa shape index (κ3) is 3.79. The molecule has 0 bridgehead atoms. The molecular formula is C12H14NO4-. The van der Waals surface area contributed by atoms with Crippen LogP contribution in [0.25, 0.3) is 0 Å². The van der Waals surface area contributed by atoms with Crippen LogP contribution in [0.2, 0.25) is 0 Å². The minimum absolute atomic E-state index is 0.00152. The molecule has 0 aromatic heterocycles. The predicted octanol–water partition coefficient (Wildman–Crippen LogP) is 0.814. The summed E-state index contributed by atoms with van der Waals surface area (Å²) in [5.74, 6) is -1.87. The van der Waals surface area contributed by atoms with Crippen molar-refractivity contribution in [3.63, 3.8) is 0 Å². The maximum atomic E-state index is 11.7. The summed E-state index contributed by atoms with van der Waals surface area (Å²) in [6.45, 7) is 5.13. The summed E-state index contributed by atoms with van der Waals surface area (Å²) in [6, 6.07) is 3.44. The second-order valence-electron chi connectivity index (χ2n) is 4.61. The number of esters is 1. The number of carbonyl (C=O) groups excluding carboxylic acids is 2. The molecule has 0 radical (unpaired) electrons. The Morgan fingerprint density at radius 2 is 1.71 bits per heavy atom. The van der Waals surface area contributed by atoms with Crippen LogP contribution in [0.4, 0.5) is 0 Å². The maximum Gasteiger partial charge on any atom is 0.338 e. The lowest BCUT2D eigenvalue weighted by molar-refractivity contribution is -0.268. The molecule has 92 valence electrons. The van der Waals surface area contributed by atoms with E-state index in [-0.39, 0.29) is 11.1 Å². The first-order valence-electron chi connectivity index (χ1n) is 5.04. The smallest absolute Gasteiger partial charge is 0.338 e. The molecule has 0 aliphatic heterocycles. The summed E-state index contributed by atoms with van der Waals surface area (Å²) in [5, 5.41) is 11.3. The number of amides is 1. The van der Waals surface area contributed by atoms with E-state index in [1.165, 1.54) is 6.07 Å². The fourth-order valence-electron chi connectivity index (χ4n) is 1.20. The van der Waals surface area contributed by atoms with E-state index in [1.54, 1.807) is 20.8 Å². The lowest BCUT2D eigenvalue weighted by atomic mass is 10.1. The minimum Gasteiger partial charge on any atom is -0.872 e. The molecule has 2 N–H and O–H groups in total. The third-order valence-electron chi connectivity index (χ3n) is 1.83. The van der Waals surface area contributed by atoms with Crippen LogP contribution in [-0.4, -0.2) is 17.5 Å². The summed E-state index contributed by atoms with van der Waals surface area (Å²) in [7, 11) is 0. The maximum absolute atomic E-state index is 11.7. The van der Waals surface area contributed by atoms with Crippen LogP contribution in [0.15, 0.2) is 18.2 Å². The van der Waals surface area contributed by atoms with Crippen molar-refractivity contribution in [1.82, 2.24) is 0 Å².